The van der Waals surface area contributed by atoms with Gasteiger partial charge in [0.05, 0.1) is 25.2 Å². The zero-order valence-electron chi connectivity index (χ0n) is 14.5. The summed E-state index contributed by atoms with van der Waals surface area (Å²) in [6, 6.07) is 7.37. The molecule has 8 heteroatoms. The van der Waals surface area contributed by atoms with Crippen LogP contribution in [0.3, 0.4) is 0 Å². The van der Waals surface area contributed by atoms with Crippen LogP contribution in [0.25, 0.3) is 0 Å². The highest BCUT2D eigenvalue weighted by molar-refractivity contribution is 7.89. The fourth-order valence-corrected chi connectivity index (χ4v) is 4.42. The Kier molecular flexibility index (Phi) is 5.73. The Morgan fingerprint density at radius 3 is 2.72 bits per heavy atom. The number of nitrogens with one attached hydrogen (secondary N) is 2. The number of hydrogen-bond donors (Lipinski definition) is 2. The molecule has 25 heavy (non-hydrogen) atoms. The minimum absolute atomic E-state index is 0.0529. The summed E-state index contributed by atoms with van der Waals surface area (Å²) < 4.78 is 32.2. The third-order valence-electron chi connectivity index (χ3n) is 4.42. The van der Waals surface area contributed by atoms with Crippen LogP contribution in [0.2, 0.25) is 0 Å². The minimum atomic E-state index is -3.49. The van der Waals surface area contributed by atoms with E-state index >= 15 is 0 Å². The lowest BCUT2D eigenvalue weighted by atomic mass is 10.2. The quantitative estimate of drug-likeness (QED) is 0.647. The highest BCUT2D eigenvalue weighted by Crippen LogP contribution is 2.19. The molecule has 7 nitrogen and oxygen atoms in total. The molecule has 1 aliphatic heterocycles. The van der Waals surface area contributed by atoms with Crippen molar-refractivity contribution in [3.63, 3.8) is 0 Å². The van der Waals surface area contributed by atoms with Crippen LogP contribution in [0.4, 0.5) is 0 Å². The first kappa shape index (κ1) is 18.3. The number of benzene rings is 1. The van der Waals surface area contributed by atoms with Crippen LogP contribution in [-0.2, 0) is 26.1 Å². The van der Waals surface area contributed by atoms with E-state index in [1.54, 1.807) is 18.2 Å². The van der Waals surface area contributed by atoms with Gasteiger partial charge in [-0.25, -0.2) is 8.42 Å². The molecule has 0 radical (unpaired) electrons. The molecule has 1 aromatic carbocycles. The molecule has 1 saturated heterocycles. The molecular weight excluding hydrogens is 342 g/mol. The number of carbonyl (C=O) groups excluding carboxylic acids is 1. The fourth-order valence-electron chi connectivity index (χ4n) is 2.94. The van der Waals surface area contributed by atoms with Gasteiger partial charge in [0, 0.05) is 24.7 Å². The molecule has 1 heterocycles. The number of likely N-dealkylation sites (N-methyl/N-ethyl adjacent to an activating group) is 1. The van der Waals surface area contributed by atoms with Gasteiger partial charge in [-0.15, -0.1) is 0 Å². The van der Waals surface area contributed by atoms with Crippen LogP contribution in [0, 0.1) is 0 Å². The van der Waals surface area contributed by atoms with Crippen molar-refractivity contribution >= 4 is 15.9 Å². The maximum absolute atomic E-state index is 12.7. The number of carbonyl (C=O) groups is 1. The lowest BCUT2D eigenvalue weighted by Gasteiger charge is -2.26. The summed E-state index contributed by atoms with van der Waals surface area (Å²) in [5, 5.41) is 2.98. The van der Waals surface area contributed by atoms with Gasteiger partial charge in [-0.1, -0.05) is 12.1 Å². The number of morpholine rings is 1. The van der Waals surface area contributed by atoms with E-state index in [0.29, 0.717) is 50.3 Å². The van der Waals surface area contributed by atoms with Crippen LogP contribution in [0.15, 0.2) is 29.2 Å². The largest absolute Gasteiger partial charge is 0.379 e. The van der Waals surface area contributed by atoms with E-state index in [1.165, 1.54) is 4.31 Å². The van der Waals surface area contributed by atoms with E-state index in [9.17, 15) is 13.2 Å². The second-order valence-electron chi connectivity index (χ2n) is 6.82. The van der Waals surface area contributed by atoms with E-state index < -0.39 is 10.0 Å². The number of rotatable bonds is 7. The molecule has 2 fully saturated rings. The van der Waals surface area contributed by atoms with E-state index in [1.807, 2.05) is 13.1 Å². The Balaban J connectivity index is 1.63. The second kappa shape index (κ2) is 7.82. The smallest absolute Gasteiger partial charge is 0.275 e. The van der Waals surface area contributed by atoms with Crippen molar-refractivity contribution in [2.24, 2.45) is 0 Å². The van der Waals surface area contributed by atoms with Gasteiger partial charge in [-0.2, -0.15) is 4.31 Å². The monoisotopic (exact) mass is 368 g/mol. The molecule has 1 aromatic rings. The topological polar surface area (TPSA) is 80.2 Å². The normalized spacial score (nSPS) is 20.2. The van der Waals surface area contributed by atoms with Gasteiger partial charge in [-0.05, 0) is 25.0 Å². The highest BCUT2D eigenvalue weighted by atomic mass is 32.2. The molecule has 0 spiro atoms. The molecular formula is C17H26N3O4S+. The molecule has 2 aliphatic rings. The number of quaternary nitrogens is 1. The van der Waals surface area contributed by atoms with E-state index in [2.05, 4.69) is 5.32 Å². The zero-order valence-corrected chi connectivity index (χ0v) is 15.3. The van der Waals surface area contributed by atoms with Crippen LogP contribution >= 0.6 is 0 Å². The van der Waals surface area contributed by atoms with Gasteiger partial charge in [-0.3, -0.25) is 4.79 Å². The zero-order chi connectivity index (χ0) is 17.9. The Morgan fingerprint density at radius 2 is 2.04 bits per heavy atom. The highest BCUT2D eigenvalue weighted by Gasteiger charge is 2.27. The van der Waals surface area contributed by atoms with Crippen molar-refractivity contribution in [2.75, 3.05) is 39.9 Å². The van der Waals surface area contributed by atoms with E-state index in [4.69, 9.17) is 4.74 Å². The standard InChI is InChI=1S/C17H25N3O4S/c1-19(13-17(21)18-15-5-6-15)12-14-3-2-4-16(11-14)25(22,23)20-7-9-24-10-8-20/h2-4,11,15H,5-10,12-13H2,1H3,(H,18,21)/p+1. The average Bonchev–Trinajstić information content (AvgIpc) is 3.39. The summed E-state index contributed by atoms with van der Waals surface area (Å²) >= 11 is 0. The number of nitrogens with zero attached hydrogens (tertiary/aromatic N) is 1. The minimum Gasteiger partial charge on any atom is -0.379 e. The van der Waals surface area contributed by atoms with Gasteiger partial charge in [0.1, 0.15) is 6.54 Å². The molecule has 0 bridgehead atoms. The first-order valence-corrected chi connectivity index (χ1v) is 10.2. The Hall–Kier alpha value is -1.48. The van der Waals surface area contributed by atoms with E-state index in [0.717, 1.165) is 23.3 Å². The van der Waals surface area contributed by atoms with Crippen LogP contribution in [0.5, 0.6) is 0 Å². The first-order chi connectivity index (χ1) is 11.9. The van der Waals surface area contributed by atoms with Gasteiger partial charge in [0.2, 0.25) is 10.0 Å². The van der Waals surface area contributed by atoms with Crippen molar-refractivity contribution in [1.82, 2.24) is 9.62 Å². The first-order valence-electron chi connectivity index (χ1n) is 8.72. The molecule has 0 aromatic heterocycles. The van der Waals surface area contributed by atoms with Crippen LogP contribution in [-0.4, -0.2) is 64.6 Å². The molecule has 2 N–H and O–H groups in total. The molecule has 138 valence electrons. The Bertz CT molecular complexity index is 712. The van der Waals surface area contributed by atoms with Gasteiger partial charge < -0.3 is 15.0 Å². The summed E-state index contributed by atoms with van der Waals surface area (Å²) in [5.41, 5.74) is 0.908. The molecule has 3 rings (SSSR count). The molecule has 1 unspecified atom stereocenters. The van der Waals surface area contributed by atoms with Crippen LogP contribution in [0.1, 0.15) is 18.4 Å². The number of sulfonamides is 1. The predicted molar refractivity (Wildman–Crippen MR) is 92.6 cm³/mol. The Morgan fingerprint density at radius 1 is 1.32 bits per heavy atom. The van der Waals surface area contributed by atoms with Gasteiger partial charge in [0.25, 0.3) is 5.91 Å². The van der Waals surface area contributed by atoms with Crippen molar-refractivity contribution in [3.05, 3.63) is 29.8 Å². The van der Waals surface area contributed by atoms with Crippen molar-refractivity contribution < 1.29 is 22.8 Å². The third-order valence-corrected chi connectivity index (χ3v) is 6.31. The second-order valence-corrected chi connectivity index (χ2v) is 8.75. The molecule has 1 saturated carbocycles. The summed E-state index contributed by atoms with van der Waals surface area (Å²) in [6.07, 6.45) is 2.15. The van der Waals surface area contributed by atoms with Gasteiger partial charge in [0.15, 0.2) is 6.54 Å². The summed E-state index contributed by atoms with van der Waals surface area (Å²) in [4.78, 5) is 13.2. The summed E-state index contributed by atoms with van der Waals surface area (Å²) in [5.74, 6) is 0.0529. The number of ether oxygens (including phenoxy) is 1. The van der Waals surface area contributed by atoms with Crippen molar-refractivity contribution in [3.8, 4) is 0 Å². The number of hydrogen-bond acceptors (Lipinski definition) is 4. The SMILES string of the molecule is C[NH+](CC(=O)NC1CC1)Cc1cccc(S(=O)(=O)N2CCOCC2)c1. The summed E-state index contributed by atoms with van der Waals surface area (Å²) in [6.45, 7) is 2.63. The molecule has 1 aliphatic carbocycles. The Labute approximate surface area is 149 Å². The fraction of sp³-hybridized carbons (Fsp3) is 0.588. The lowest BCUT2D eigenvalue weighted by molar-refractivity contribution is -0.885. The van der Waals surface area contributed by atoms with Crippen molar-refractivity contribution in [1.29, 1.82) is 0 Å². The predicted octanol–water partition coefficient (Wildman–Crippen LogP) is -0.999. The lowest BCUT2D eigenvalue weighted by Crippen LogP contribution is -3.08. The van der Waals surface area contributed by atoms with Gasteiger partial charge >= 0.3 is 0 Å². The maximum Gasteiger partial charge on any atom is 0.275 e. The molecule has 1 atom stereocenters. The van der Waals surface area contributed by atoms with Crippen molar-refractivity contribution in [2.45, 2.75) is 30.3 Å². The third kappa shape index (κ3) is 5.01. The average molecular weight is 368 g/mol. The number of amides is 1. The molecule has 1 amide bonds. The summed E-state index contributed by atoms with van der Waals surface area (Å²) in [7, 11) is -1.55. The van der Waals surface area contributed by atoms with Crippen LogP contribution < -0.4 is 10.2 Å². The maximum atomic E-state index is 12.7. The van der Waals surface area contributed by atoms with E-state index in [-0.39, 0.29) is 5.91 Å².